The quantitative estimate of drug-likeness (QED) is 0.892. The molecular weight excluding hydrogens is 273 g/mol. The molecule has 0 aliphatic rings. The number of benzene rings is 1. The smallest absolute Gasteiger partial charge is 0.371 e. The number of carbonyl (C=O) groups is 1. The Balaban J connectivity index is 2.17. The second-order valence-electron chi connectivity index (χ2n) is 4.00. The molecule has 1 unspecified atom stereocenters. The molecule has 0 amide bonds. The number of rotatable bonds is 4. The van der Waals surface area contributed by atoms with Crippen molar-refractivity contribution < 1.29 is 18.7 Å². The molecule has 0 radical (unpaired) electrons. The lowest BCUT2D eigenvalue weighted by molar-refractivity contribution is 0.0660. The molecule has 0 spiro atoms. The lowest BCUT2D eigenvalue weighted by atomic mass is 10.2. The maximum atomic E-state index is 13.1. The largest absolute Gasteiger partial charge is 0.475 e. The van der Waals surface area contributed by atoms with E-state index in [1.165, 1.54) is 24.3 Å². The van der Waals surface area contributed by atoms with Gasteiger partial charge in [-0.1, -0.05) is 11.6 Å². The molecule has 2 rings (SSSR count). The molecule has 0 fully saturated rings. The summed E-state index contributed by atoms with van der Waals surface area (Å²) in [4.78, 5) is 10.7. The van der Waals surface area contributed by atoms with Crippen molar-refractivity contribution in [3.05, 3.63) is 52.7 Å². The van der Waals surface area contributed by atoms with E-state index in [9.17, 15) is 9.18 Å². The van der Waals surface area contributed by atoms with E-state index >= 15 is 0 Å². The molecule has 0 saturated heterocycles. The lowest BCUT2D eigenvalue weighted by Gasteiger charge is -2.14. The van der Waals surface area contributed by atoms with Gasteiger partial charge in [0.1, 0.15) is 11.6 Å². The molecule has 100 valence electrons. The van der Waals surface area contributed by atoms with Gasteiger partial charge in [0, 0.05) is 0 Å². The number of hydrogen-bond donors (Lipinski definition) is 2. The van der Waals surface area contributed by atoms with E-state index in [1.54, 1.807) is 13.0 Å². The molecule has 0 aliphatic carbocycles. The van der Waals surface area contributed by atoms with Gasteiger partial charge in [-0.2, -0.15) is 0 Å². The van der Waals surface area contributed by atoms with Gasteiger partial charge in [-0.15, -0.1) is 0 Å². The van der Waals surface area contributed by atoms with E-state index in [4.69, 9.17) is 21.1 Å². The highest BCUT2D eigenvalue weighted by Gasteiger charge is 2.15. The summed E-state index contributed by atoms with van der Waals surface area (Å²) in [6, 6.07) is 6.54. The first kappa shape index (κ1) is 13.4. The number of nitrogens with one attached hydrogen (secondary N) is 1. The van der Waals surface area contributed by atoms with Crippen LogP contribution < -0.4 is 5.32 Å². The lowest BCUT2D eigenvalue weighted by Crippen LogP contribution is -2.06. The van der Waals surface area contributed by atoms with Gasteiger partial charge in [-0.3, -0.25) is 0 Å². The number of hydrogen-bond acceptors (Lipinski definition) is 3. The number of carboxylic acid groups (broad SMARTS) is 1. The number of furan rings is 1. The van der Waals surface area contributed by atoms with Crippen LogP contribution in [0.4, 0.5) is 10.1 Å². The Bertz CT molecular complexity index is 612. The molecule has 6 heteroatoms. The van der Waals surface area contributed by atoms with Gasteiger partial charge in [0.15, 0.2) is 0 Å². The number of anilines is 1. The summed E-state index contributed by atoms with van der Waals surface area (Å²) in [5, 5.41) is 12.1. The zero-order valence-corrected chi connectivity index (χ0v) is 10.7. The van der Waals surface area contributed by atoms with E-state index in [0.717, 1.165) is 0 Å². The normalized spacial score (nSPS) is 12.2. The minimum Gasteiger partial charge on any atom is -0.475 e. The van der Waals surface area contributed by atoms with Crippen molar-refractivity contribution in [2.75, 3.05) is 5.32 Å². The molecule has 19 heavy (non-hydrogen) atoms. The zero-order chi connectivity index (χ0) is 14.0. The molecule has 2 N–H and O–H groups in total. The third-order valence-electron chi connectivity index (χ3n) is 2.56. The van der Waals surface area contributed by atoms with E-state index in [2.05, 4.69) is 5.32 Å². The third kappa shape index (κ3) is 3.06. The second kappa shape index (κ2) is 5.32. The van der Waals surface area contributed by atoms with Crippen LogP contribution >= 0.6 is 11.6 Å². The van der Waals surface area contributed by atoms with E-state index < -0.39 is 11.8 Å². The molecule has 0 saturated carbocycles. The van der Waals surface area contributed by atoms with Gasteiger partial charge < -0.3 is 14.8 Å². The van der Waals surface area contributed by atoms with Crippen molar-refractivity contribution in [1.29, 1.82) is 0 Å². The Hall–Kier alpha value is -2.01. The summed E-state index contributed by atoms with van der Waals surface area (Å²) in [6.07, 6.45) is 0. The average Bonchev–Trinajstić information content (AvgIpc) is 2.83. The van der Waals surface area contributed by atoms with Gasteiger partial charge in [0.25, 0.3) is 0 Å². The van der Waals surface area contributed by atoms with Crippen LogP contribution in [0, 0.1) is 5.82 Å². The SMILES string of the molecule is CC(Nc1cc(F)ccc1Cl)c1ccc(C(=O)O)o1. The van der Waals surface area contributed by atoms with Crippen LogP contribution in [0.3, 0.4) is 0 Å². The minimum absolute atomic E-state index is 0.144. The zero-order valence-electron chi connectivity index (χ0n) is 9.98. The molecular formula is C13H11ClFNO3. The van der Waals surface area contributed by atoms with E-state index in [0.29, 0.717) is 16.5 Å². The van der Waals surface area contributed by atoms with Gasteiger partial charge in [-0.25, -0.2) is 9.18 Å². The Labute approximate surface area is 113 Å². The number of carboxylic acids is 1. The second-order valence-corrected chi connectivity index (χ2v) is 4.40. The Morgan fingerprint density at radius 2 is 2.16 bits per heavy atom. The first-order chi connectivity index (χ1) is 8.97. The van der Waals surface area contributed by atoms with E-state index in [1.807, 2.05) is 0 Å². The number of aromatic carboxylic acids is 1. The van der Waals surface area contributed by atoms with Gasteiger partial charge in [0.05, 0.1) is 16.8 Å². The van der Waals surface area contributed by atoms with Crippen molar-refractivity contribution in [3.8, 4) is 0 Å². The average molecular weight is 284 g/mol. The van der Waals surface area contributed by atoms with Crippen molar-refractivity contribution in [2.24, 2.45) is 0 Å². The summed E-state index contributed by atoms with van der Waals surface area (Å²) in [6.45, 7) is 1.76. The monoisotopic (exact) mass is 283 g/mol. The Morgan fingerprint density at radius 1 is 1.42 bits per heavy atom. The fraction of sp³-hybridized carbons (Fsp3) is 0.154. The summed E-state index contributed by atoms with van der Waals surface area (Å²) < 4.78 is 18.3. The van der Waals surface area contributed by atoms with Crippen molar-refractivity contribution in [1.82, 2.24) is 0 Å². The third-order valence-corrected chi connectivity index (χ3v) is 2.89. The van der Waals surface area contributed by atoms with Crippen LogP contribution in [0.25, 0.3) is 0 Å². The first-order valence-electron chi connectivity index (χ1n) is 5.52. The fourth-order valence-corrected chi connectivity index (χ4v) is 1.79. The molecule has 1 aromatic heterocycles. The standard InChI is InChI=1S/C13H11ClFNO3/c1-7(11-4-5-12(19-11)13(17)18)16-10-6-8(15)2-3-9(10)14/h2-7,16H,1H3,(H,17,18). The van der Waals surface area contributed by atoms with Crippen molar-refractivity contribution in [2.45, 2.75) is 13.0 Å². The first-order valence-corrected chi connectivity index (χ1v) is 5.90. The van der Waals surface area contributed by atoms with Crippen molar-refractivity contribution >= 4 is 23.3 Å². The van der Waals surface area contributed by atoms with Gasteiger partial charge in [0.2, 0.25) is 5.76 Å². The minimum atomic E-state index is -1.14. The predicted octanol–water partition coefficient (Wildman–Crippen LogP) is 3.94. The highest BCUT2D eigenvalue weighted by Crippen LogP contribution is 2.27. The molecule has 4 nitrogen and oxygen atoms in total. The maximum absolute atomic E-state index is 13.1. The van der Waals surface area contributed by atoms with Gasteiger partial charge in [-0.05, 0) is 37.3 Å². The van der Waals surface area contributed by atoms with Crippen LogP contribution in [0.15, 0.2) is 34.7 Å². The Morgan fingerprint density at radius 3 is 2.79 bits per heavy atom. The molecule has 1 atom stereocenters. The molecule has 1 heterocycles. The van der Waals surface area contributed by atoms with Crippen molar-refractivity contribution in [3.63, 3.8) is 0 Å². The summed E-state index contributed by atoms with van der Waals surface area (Å²) in [5.74, 6) is -1.27. The van der Waals surface area contributed by atoms with Crippen LogP contribution in [0.2, 0.25) is 5.02 Å². The Kier molecular flexibility index (Phi) is 3.76. The molecule has 0 bridgehead atoms. The molecule has 0 aliphatic heterocycles. The molecule has 1 aromatic carbocycles. The van der Waals surface area contributed by atoms with Gasteiger partial charge >= 0.3 is 5.97 Å². The highest BCUT2D eigenvalue weighted by molar-refractivity contribution is 6.33. The number of halogens is 2. The predicted molar refractivity (Wildman–Crippen MR) is 69.1 cm³/mol. The van der Waals surface area contributed by atoms with E-state index in [-0.39, 0.29) is 11.8 Å². The molecule has 2 aromatic rings. The van der Waals surface area contributed by atoms with Crippen LogP contribution in [0.1, 0.15) is 29.3 Å². The topological polar surface area (TPSA) is 62.5 Å². The summed E-state index contributed by atoms with van der Waals surface area (Å²) >= 11 is 5.93. The van der Waals surface area contributed by atoms with Crippen LogP contribution in [-0.2, 0) is 0 Å². The van der Waals surface area contributed by atoms with Crippen LogP contribution in [-0.4, -0.2) is 11.1 Å². The maximum Gasteiger partial charge on any atom is 0.371 e. The summed E-state index contributed by atoms with van der Waals surface area (Å²) in [7, 11) is 0. The highest BCUT2D eigenvalue weighted by atomic mass is 35.5. The van der Waals surface area contributed by atoms with Crippen LogP contribution in [0.5, 0.6) is 0 Å². The fourth-order valence-electron chi connectivity index (χ4n) is 1.61. The summed E-state index contributed by atoms with van der Waals surface area (Å²) in [5.41, 5.74) is 0.419.